The standard InChI is InChI=1S/C11H11IN2O4S/c1-2-8(6-13)19(17,18)14-10-4-3-7(12)5-9(10)11(15)16/h3-5,8,14H,2H2,1H3,(H,15,16). The van der Waals surface area contributed by atoms with Crippen molar-refractivity contribution in [2.45, 2.75) is 18.6 Å². The third kappa shape index (κ3) is 3.81. The van der Waals surface area contributed by atoms with E-state index in [1.165, 1.54) is 12.1 Å². The molecule has 0 bridgehead atoms. The van der Waals surface area contributed by atoms with Crippen LogP contribution in [0.4, 0.5) is 5.69 Å². The van der Waals surface area contributed by atoms with Crippen LogP contribution in [-0.2, 0) is 10.0 Å². The van der Waals surface area contributed by atoms with E-state index in [0.29, 0.717) is 3.57 Å². The Morgan fingerprint density at radius 1 is 1.58 bits per heavy atom. The molecule has 2 N–H and O–H groups in total. The minimum atomic E-state index is -3.92. The minimum absolute atomic E-state index is 0.0402. The first-order valence-corrected chi connectivity index (χ1v) is 7.88. The largest absolute Gasteiger partial charge is 0.478 e. The van der Waals surface area contributed by atoms with Crippen molar-refractivity contribution in [2.24, 2.45) is 0 Å². The Morgan fingerprint density at radius 2 is 2.21 bits per heavy atom. The average Bonchev–Trinajstić information content (AvgIpc) is 2.32. The van der Waals surface area contributed by atoms with Gasteiger partial charge in [0.25, 0.3) is 0 Å². The minimum Gasteiger partial charge on any atom is -0.478 e. The van der Waals surface area contributed by atoms with E-state index >= 15 is 0 Å². The molecular formula is C11H11IN2O4S. The molecule has 0 amide bonds. The number of nitrogens with one attached hydrogen (secondary N) is 1. The van der Waals surface area contributed by atoms with Crippen LogP contribution >= 0.6 is 22.6 Å². The second kappa shape index (κ2) is 6.21. The van der Waals surface area contributed by atoms with E-state index in [0.717, 1.165) is 0 Å². The Bertz CT molecular complexity index is 637. The third-order valence-corrected chi connectivity index (χ3v) is 4.72. The summed E-state index contributed by atoms with van der Waals surface area (Å²) in [4.78, 5) is 11.1. The van der Waals surface area contributed by atoms with Crippen LogP contribution in [0.5, 0.6) is 0 Å². The highest BCUT2D eigenvalue weighted by Crippen LogP contribution is 2.21. The van der Waals surface area contributed by atoms with Crippen LogP contribution in [-0.4, -0.2) is 24.7 Å². The van der Waals surface area contributed by atoms with Gasteiger partial charge in [-0.1, -0.05) is 6.92 Å². The predicted molar refractivity (Wildman–Crippen MR) is 78.4 cm³/mol. The van der Waals surface area contributed by atoms with Crippen molar-refractivity contribution in [3.8, 4) is 6.07 Å². The summed E-state index contributed by atoms with van der Waals surface area (Å²) in [5.74, 6) is -1.23. The lowest BCUT2D eigenvalue weighted by atomic mass is 10.2. The highest BCUT2D eigenvalue weighted by molar-refractivity contribution is 14.1. The van der Waals surface area contributed by atoms with Gasteiger partial charge in [-0.25, -0.2) is 13.2 Å². The lowest BCUT2D eigenvalue weighted by Crippen LogP contribution is -2.26. The number of sulfonamides is 1. The van der Waals surface area contributed by atoms with Crippen LogP contribution in [0, 0.1) is 14.9 Å². The summed E-state index contributed by atoms with van der Waals surface area (Å²) < 4.78 is 26.6. The van der Waals surface area contributed by atoms with Gasteiger partial charge in [0, 0.05) is 3.57 Å². The molecule has 0 aliphatic heterocycles. The highest BCUT2D eigenvalue weighted by atomic mass is 127. The van der Waals surface area contributed by atoms with Crippen molar-refractivity contribution in [3.63, 3.8) is 0 Å². The monoisotopic (exact) mass is 394 g/mol. The Balaban J connectivity index is 3.21. The molecule has 0 heterocycles. The van der Waals surface area contributed by atoms with Gasteiger partial charge in [-0.3, -0.25) is 4.72 Å². The van der Waals surface area contributed by atoms with Crippen molar-refractivity contribution >= 4 is 44.3 Å². The third-order valence-electron chi connectivity index (χ3n) is 2.35. The Morgan fingerprint density at radius 3 is 2.68 bits per heavy atom. The number of carbonyl (C=O) groups is 1. The number of benzene rings is 1. The Hall–Kier alpha value is -1.34. The fraction of sp³-hybridized carbons (Fsp3) is 0.273. The lowest BCUT2D eigenvalue weighted by molar-refractivity contribution is 0.0698. The molecular weight excluding hydrogens is 383 g/mol. The maximum Gasteiger partial charge on any atom is 0.337 e. The topological polar surface area (TPSA) is 107 Å². The van der Waals surface area contributed by atoms with Crippen molar-refractivity contribution < 1.29 is 18.3 Å². The number of hydrogen-bond acceptors (Lipinski definition) is 4. The molecule has 1 unspecified atom stereocenters. The highest BCUT2D eigenvalue weighted by Gasteiger charge is 2.25. The molecule has 1 atom stereocenters. The Labute approximate surface area is 124 Å². The first kappa shape index (κ1) is 15.7. The molecule has 19 heavy (non-hydrogen) atoms. The fourth-order valence-corrected chi connectivity index (χ4v) is 3.08. The summed E-state index contributed by atoms with van der Waals surface area (Å²) in [6.45, 7) is 1.57. The second-order valence-electron chi connectivity index (χ2n) is 3.67. The number of carboxylic acids is 1. The number of aromatic carboxylic acids is 1. The predicted octanol–water partition coefficient (Wildman–Crippen LogP) is 2.03. The lowest BCUT2D eigenvalue weighted by Gasteiger charge is -2.13. The van der Waals surface area contributed by atoms with Crippen molar-refractivity contribution in [1.29, 1.82) is 5.26 Å². The molecule has 8 heteroatoms. The maximum atomic E-state index is 11.9. The van der Waals surface area contributed by atoms with E-state index < -0.39 is 21.2 Å². The molecule has 0 aromatic heterocycles. The number of hydrogen-bond donors (Lipinski definition) is 2. The summed E-state index contributed by atoms with van der Waals surface area (Å²) in [5.41, 5.74) is -0.190. The van der Waals surface area contributed by atoms with E-state index in [4.69, 9.17) is 10.4 Å². The first-order valence-electron chi connectivity index (χ1n) is 5.26. The molecule has 0 spiro atoms. The van der Waals surface area contributed by atoms with Gasteiger partial charge in [-0.2, -0.15) is 5.26 Å². The van der Waals surface area contributed by atoms with E-state index in [-0.39, 0.29) is 17.7 Å². The number of halogens is 1. The molecule has 1 aromatic rings. The number of nitrogens with zero attached hydrogens (tertiary/aromatic N) is 1. The van der Waals surface area contributed by atoms with Crippen molar-refractivity contribution in [3.05, 3.63) is 27.3 Å². The van der Waals surface area contributed by atoms with Crippen molar-refractivity contribution in [2.75, 3.05) is 4.72 Å². The van der Waals surface area contributed by atoms with Gasteiger partial charge in [-0.15, -0.1) is 0 Å². The SMILES string of the molecule is CCC(C#N)S(=O)(=O)Nc1ccc(I)cc1C(=O)O. The van der Waals surface area contributed by atoms with E-state index in [1.807, 2.05) is 22.6 Å². The van der Waals surface area contributed by atoms with Crippen LogP contribution in [0.1, 0.15) is 23.7 Å². The van der Waals surface area contributed by atoms with E-state index in [9.17, 15) is 13.2 Å². The normalized spacial score (nSPS) is 12.5. The molecule has 0 fully saturated rings. The van der Waals surface area contributed by atoms with E-state index in [2.05, 4.69) is 4.72 Å². The van der Waals surface area contributed by atoms with Crippen LogP contribution in [0.3, 0.4) is 0 Å². The first-order chi connectivity index (χ1) is 8.81. The van der Waals surface area contributed by atoms with Gasteiger partial charge in [0.15, 0.2) is 5.25 Å². The average molecular weight is 394 g/mol. The smallest absolute Gasteiger partial charge is 0.337 e. The number of carboxylic acid groups (broad SMARTS) is 1. The number of rotatable bonds is 5. The van der Waals surface area contributed by atoms with Gasteiger partial charge in [0.1, 0.15) is 0 Å². The van der Waals surface area contributed by atoms with Crippen LogP contribution in [0.2, 0.25) is 0 Å². The van der Waals surface area contributed by atoms with Gasteiger partial charge in [0.05, 0.1) is 17.3 Å². The van der Waals surface area contributed by atoms with E-state index in [1.54, 1.807) is 19.1 Å². The number of nitriles is 1. The maximum absolute atomic E-state index is 11.9. The summed E-state index contributed by atoms with van der Waals surface area (Å²) in [5, 5.41) is 16.6. The molecule has 0 saturated heterocycles. The molecule has 0 aliphatic rings. The zero-order valence-electron chi connectivity index (χ0n) is 9.92. The van der Waals surface area contributed by atoms with Gasteiger partial charge in [-0.05, 0) is 47.2 Å². The van der Waals surface area contributed by atoms with Gasteiger partial charge in [0.2, 0.25) is 10.0 Å². The molecule has 102 valence electrons. The van der Waals surface area contributed by atoms with Crippen molar-refractivity contribution in [1.82, 2.24) is 0 Å². The van der Waals surface area contributed by atoms with Crippen LogP contribution in [0.25, 0.3) is 0 Å². The Kier molecular flexibility index (Phi) is 5.13. The van der Waals surface area contributed by atoms with Crippen LogP contribution < -0.4 is 4.72 Å². The zero-order valence-corrected chi connectivity index (χ0v) is 12.9. The van der Waals surface area contributed by atoms with Gasteiger partial charge < -0.3 is 5.11 Å². The molecule has 0 radical (unpaired) electrons. The summed E-state index contributed by atoms with van der Waals surface area (Å²) in [6, 6.07) is 5.98. The summed E-state index contributed by atoms with van der Waals surface area (Å²) in [7, 11) is -3.92. The second-order valence-corrected chi connectivity index (χ2v) is 6.78. The molecule has 0 aliphatic carbocycles. The zero-order chi connectivity index (χ0) is 14.6. The molecule has 1 rings (SSSR count). The van der Waals surface area contributed by atoms with Crippen LogP contribution in [0.15, 0.2) is 18.2 Å². The van der Waals surface area contributed by atoms with Gasteiger partial charge >= 0.3 is 5.97 Å². The number of anilines is 1. The quantitative estimate of drug-likeness (QED) is 0.744. The fourth-order valence-electron chi connectivity index (χ4n) is 1.39. The molecule has 0 saturated carbocycles. The summed E-state index contributed by atoms with van der Waals surface area (Å²) >= 11 is 1.93. The summed E-state index contributed by atoms with van der Waals surface area (Å²) in [6.07, 6.45) is 0.124. The molecule has 1 aromatic carbocycles. The molecule has 6 nitrogen and oxygen atoms in total.